The zero-order valence-corrected chi connectivity index (χ0v) is 21.7. The Labute approximate surface area is 208 Å². The van der Waals surface area contributed by atoms with E-state index in [0.717, 1.165) is 16.9 Å². The minimum Gasteiger partial charge on any atom is -0.454 e. The van der Waals surface area contributed by atoms with E-state index in [4.69, 9.17) is 4.42 Å². The molecule has 0 radical (unpaired) electrons. The topological polar surface area (TPSA) is 17.0 Å². The maximum Gasteiger partial charge on any atom is 0.216 e. The van der Waals surface area contributed by atoms with E-state index in [1.54, 1.807) is 0 Å². The number of rotatable bonds is 2. The summed E-state index contributed by atoms with van der Waals surface area (Å²) in [5, 5.41) is 2.35. The first-order valence-electron chi connectivity index (χ1n) is 12.7. The third-order valence-electron chi connectivity index (χ3n) is 8.35. The van der Waals surface area contributed by atoms with E-state index in [-0.39, 0.29) is 10.8 Å². The monoisotopic (exact) mass is 460 g/mol. The Morgan fingerprint density at radius 1 is 0.743 bits per heavy atom. The van der Waals surface area contributed by atoms with Crippen molar-refractivity contribution >= 4 is 21.9 Å². The van der Waals surface area contributed by atoms with Gasteiger partial charge < -0.3 is 4.42 Å². The zero-order chi connectivity index (χ0) is 24.5. The van der Waals surface area contributed by atoms with Gasteiger partial charge in [-0.1, -0.05) is 76.2 Å². The number of aryl methyl sites for hydroxylation is 2. The first kappa shape index (κ1) is 22.1. The molecular formula is C33H34NO+. The summed E-state index contributed by atoms with van der Waals surface area (Å²) >= 11 is 0. The van der Waals surface area contributed by atoms with Gasteiger partial charge >= 0.3 is 0 Å². The molecule has 0 fully saturated rings. The first-order valence-corrected chi connectivity index (χ1v) is 12.7. The molecule has 1 aliphatic carbocycles. The van der Waals surface area contributed by atoms with Gasteiger partial charge in [0, 0.05) is 28.5 Å². The van der Waals surface area contributed by atoms with E-state index < -0.39 is 0 Å². The van der Waals surface area contributed by atoms with Crippen molar-refractivity contribution in [3.8, 4) is 22.4 Å². The van der Waals surface area contributed by atoms with Crippen molar-refractivity contribution in [1.82, 2.24) is 0 Å². The number of aromatic nitrogens is 1. The number of nitrogens with zero attached hydrogens (tertiary/aromatic N) is 1. The third-order valence-corrected chi connectivity index (χ3v) is 8.35. The van der Waals surface area contributed by atoms with E-state index in [1.807, 2.05) is 0 Å². The van der Waals surface area contributed by atoms with E-state index in [9.17, 15) is 0 Å². The van der Waals surface area contributed by atoms with Crippen LogP contribution in [0.15, 0.2) is 77.3 Å². The van der Waals surface area contributed by atoms with Gasteiger partial charge in [0.15, 0.2) is 6.20 Å². The average Bonchev–Trinajstić information content (AvgIpc) is 3.21. The molecule has 0 saturated heterocycles. The minimum atomic E-state index is 0.176. The molecule has 0 unspecified atom stereocenters. The lowest BCUT2D eigenvalue weighted by molar-refractivity contribution is -0.660. The Bertz CT molecular complexity index is 1620. The standard InChI is InChI=1S/C33H34NO/c1-21-13-15-25-24-11-9-10-23(30(24)35-31(25)29(21)28-12-7-8-19-34(28)6)22-14-16-26-27(20-22)33(4,5)18-17-32(26,2)3/h7-16,19-20H,17-18H2,1-6H3/q+1. The van der Waals surface area contributed by atoms with Crippen LogP contribution in [0.25, 0.3) is 44.3 Å². The Kier molecular flexibility index (Phi) is 4.77. The summed E-state index contributed by atoms with van der Waals surface area (Å²) in [6, 6.07) is 24.4. The predicted molar refractivity (Wildman–Crippen MR) is 146 cm³/mol. The Hall–Kier alpha value is -3.39. The molecule has 6 rings (SSSR count). The van der Waals surface area contributed by atoms with Crippen LogP contribution in [0.3, 0.4) is 0 Å². The molecule has 0 spiro atoms. The van der Waals surface area contributed by atoms with Crippen LogP contribution in [-0.4, -0.2) is 0 Å². The van der Waals surface area contributed by atoms with Gasteiger partial charge in [-0.25, -0.2) is 4.57 Å². The van der Waals surface area contributed by atoms with Gasteiger partial charge in [-0.05, 0) is 58.9 Å². The van der Waals surface area contributed by atoms with Crippen molar-refractivity contribution in [3.63, 3.8) is 0 Å². The second-order valence-electron chi connectivity index (χ2n) is 11.6. The van der Waals surface area contributed by atoms with Gasteiger partial charge in [0.05, 0.1) is 5.56 Å². The number of benzene rings is 3. The lowest BCUT2D eigenvalue weighted by Crippen LogP contribution is -2.33. The van der Waals surface area contributed by atoms with Gasteiger partial charge in [0.2, 0.25) is 5.69 Å². The van der Waals surface area contributed by atoms with Crippen molar-refractivity contribution in [2.24, 2.45) is 7.05 Å². The van der Waals surface area contributed by atoms with E-state index in [1.165, 1.54) is 57.0 Å². The Morgan fingerprint density at radius 3 is 2.26 bits per heavy atom. The van der Waals surface area contributed by atoms with Gasteiger partial charge in [0.1, 0.15) is 18.2 Å². The average molecular weight is 461 g/mol. The van der Waals surface area contributed by atoms with Crippen LogP contribution in [0.2, 0.25) is 0 Å². The molecule has 2 nitrogen and oxygen atoms in total. The van der Waals surface area contributed by atoms with Crippen LogP contribution in [0.5, 0.6) is 0 Å². The molecule has 2 heteroatoms. The number of furan rings is 1. The maximum atomic E-state index is 6.78. The van der Waals surface area contributed by atoms with Crippen LogP contribution in [0.4, 0.5) is 0 Å². The molecule has 0 N–H and O–H groups in total. The van der Waals surface area contributed by atoms with Crippen molar-refractivity contribution in [2.45, 2.75) is 58.3 Å². The molecular weight excluding hydrogens is 426 g/mol. The highest BCUT2D eigenvalue weighted by atomic mass is 16.3. The summed E-state index contributed by atoms with van der Waals surface area (Å²) in [5.41, 5.74) is 11.3. The van der Waals surface area contributed by atoms with E-state index >= 15 is 0 Å². The molecule has 2 heterocycles. The van der Waals surface area contributed by atoms with Crippen molar-refractivity contribution in [1.29, 1.82) is 0 Å². The quantitative estimate of drug-likeness (QED) is 0.242. The summed E-state index contributed by atoms with van der Waals surface area (Å²) in [4.78, 5) is 0. The molecule has 0 aliphatic heterocycles. The Balaban J connectivity index is 1.62. The van der Waals surface area contributed by atoms with Gasteiger partial charge in [-0.3, -0.25) is 0 Å². The minimum absolute atomic E-state index is 0.176. The van der Waals surface area contributed by atoms with Crippen LogP contribution in [0.1, 0.15) is 57.2 Å². The highest BCUT2D eigenvalue weighted by Gasteiger charge is 2.37. The fraction of sp³-hybridized carbons (Fsp3) is 0.303. The molecule has 0 amide bonds. The molecule has 2 aromatic heterocycles. The molecule has 0 saturated carbocycles. The largest absolute Gasteiger partial charge is 0.454 e. The molecule has 176 valence electrons. The maximum absolute atomic E-state index is 6.78. The van der Waals surface area contributed by atoms with Crippen LogP contribution in [-0.2, 0) is 17.9 Å². The van der Waals surface area contributed by atoms with E-state index in [0.29, 0.717) is 0 Å². The second kappa shape index (κ2) is 7.55. The third kappa shape index (κ3) is 3.34. The zero-order valence-electron chi connectivity index (χ0n) is 21.7. The SMILES string of the molecule is Cc1ccc2c(oc3c(-c4ccc5c(c4)C(C)(C)CCC5(C)C)cccc32)c1-c1cccc[n+]1C. The predicted octanol–water partition coefficient (Wildman–Crippen LogP) is 8.40. The highest BCUT2D eigenvalue weighted by Crippen LogP contribution is 2.48. The number of para-hydroxylation sites is 1. The fourth-order valence-electron chi connectivity index (χ4n) is 6.05. The fourth-order valence-corrected chi connectivity index (χ4v) is 6.05. The van der Waals surface area contributed by atoms with Gasteiger partial charge in [-0.2, -0.15) is 0 Å². The number of hydrogen-bond acceptors (Lipinski definition) is 1. The molecule has 0 atom stereocenters. The number of pyridine rings is 1. The highest BCUT2D eigenvalue weighted by molar-refractivity contribution is 6.13. The van der Waals surface area contributed by atoms with Gasteiger partial charge in [0.25, 0.3) is 0 Å². The van der Waals surface area contributed by atoms with Crippen molar-refractivity contribution in [2.75, 3.05) is 0 Å². The van der Waals surface area contributed by atoms with Crippen molar-refractivity contribution in [3.05, 3.63) is 89.6 Å². The van der Waals surface area contributed by atoms with Gasteiger partial charge in [-0.15, -0.1) is 0 Å². The summed E-state index contributed by atoms with van der Waals surface area (Å²) in [7, 11) is 2.10. The van der Waals surface area contributed by atoms with Crippen LogP contribution >= 0.6 is 0 Å². The molecule has 5 aromatic rings. The molecule has 0 bridgehead atoms. The number of fused-ring (bicyclic) bond motifs is 4. The molecule has 1 aliphatic rings. The summed E-state index contributed by atoms with van der Waals surface area (Å²) in [6.45, 7) is 11.7. The second-order valence-corrected chi connectivity index (χ2v) is 11.6. The lowest BCUT2D eigenvalue weighted by atomic mass is 9.63. The summed E-state index contributed by atoms with van der Waals surface area (Å²) < 4.78 is 8.95. The normalized spacial score (nSPS) is 16.5. The summed E-state index contributed by atoms with van der Waals surface area (Å²) in [6.07, 6.45) is 4.53. The smallest absolute Gasteiger partial charge is 0.216 e. The lowest BCUT2D eigenvalue weighted by Gasteiger charge is -2.42. The molecule has 3 aromatic carbocycles. The van der Waals surface area contributed by atoms with Crippen LogP contribution in [0, 0.1) is 6.92 Å². The first-order chi connectivity index (χ1) is 16.7. The number of hydrogen-bond donors (Lipinski definition) is 0. The summed E-state index contributed by atoms with van der Waals surface area (Å²) in [5.74, 6) is 0. The van der Waals surface area contributed by atoms with E-state index in [2.05, 4.69) is 119 Å². The Morgan fingerprint density at radius 2 is 1.49 bits per heavy atom. The molecule has 35 heavy (non-hydrogen) atoms. The van der Waals surface area contributed by atoms with Crippen molar-refractivity contribution < 1.29 is 8.98 Å². The van der Waals surface area contributed by atoms with Crippen LogP contribution < -0.4 is 4.57 Å².